The zero-order valence-electron chi connectivity index (χ0n) is 78.6. The Labute approximate surface area is 654 Å². The van der Waals surface area contributed by atoms with E-state index in [1.54, 1.807) is 85.6 Å². The molecule has 11 heteroatoms. The van der Waals surface area contributed by atoms with E-state index in [2.05, 4.69) is 383 Å². The van der Waals surface area contributed by atoms with Gasteiger partial charge in [0.25, 0.3) is 0 Å². The summed E-state index contributed by atoms with van der Waals surface area (Å²) in [4.78, 5) is 22.2. The minimum Gasteiger partial charge on any atom is -0.265 e. The van der Waals surface area contributed by atoms with Crippen molar-refractivity contribution in [2.45, 2.75) is 371 Å². The van der Waals surface area contributed by atoms with Crippen molar-refractivity contribution in [2.75, 3.05) is 0 Å². The van der Waals surface area contributed by atoms with Gasteiger partial charge < -0.3 is 0 Å². The molecule has 612 valence electrons. The molecular formula is C92H188N10S. The lowest BCUT2D eigenvalue weighted by Crippen LogP contribution is -1.93. The highest BCUT2D eigenvalue weighted by Gasteiger charge is 1.99. The number of nitrogens with zero attached hydrogens (tertiary/aromatic N) is 10. The SMILES string of the molecule is C1CCCCC1.CC(C)(C)C.CC(C)(C)C.CC(C)(C)C.CC(C)(C)C.CC(C)(C)C.CC(C)(C)C.CC(C)C.CC(C)C.CC(C)C.CC(C)C.CC(C)C.CC(C)C.CC(C)C.CC(C)C.c1ccncc1.c1ccnnc1.c1ccsc1.c1cnccn1.c1cncnc1.c1cnncn1. The molecule has 0 aromatic carbocycles. The van der Waals surface area contributed by atoms with Crippen LogP contribution >= 0.6 is 11.3 Å². The van der Waals surface area contributed by atoms with Crippen LogP contribution in [0.4, 0.5) is 0 Å². The summed E-state index contributed by atoms with van der Waals surface area (Å²) < 4.78 is 0. The first-order valence-electron chi connectivity index (χ1n) is 38.9. The van der Waals surface area contributed by atoms with E-state index < -0.39 is 0 Å². The maximum atomic E-state index is 3.78. The van der Waals surface area contributed by atoms with Gasteiger partial charge in [-0.2, -0.15) is 26.6 Å². The van der Waals surface area contributed by atoms with Gasteiger partial charge in [0.05, 0.1) is 6.20 Å². The Balaban J connectivity index is -0.0000000675. The van der Waals surface area contributed by atoms with E-state index in [9.17, 15) is 0 Å². The van der Waals surface area contributed by atoms with Crippen LogP contribution in [0.25, 0.3) is 0 Å². The predicted molar refractivity (Wildman–Crippen MR) is 477 cm³/mol. The van der Waals surface area contributed by atoms with Gasteiger partial charge >= 0.3 is 0 Å². The molecule has 1 aliphatic carbocycles. The highest BCUT2D eigenvalue weighted by atomic mass is 32.1. The number of rotatable bonds is 0. The van der Waals surface area contributed by atoms with E-state index in [4.69, 9.17) is 0 Å². The summed E-state index contributed by atoms with van der Waals surface area (Å²) in [6.45, 7) is 105. The number of thiophene rings is 1. The van der Waals surface area contributed by atoms with Crippen LogP contribution in [0.5, 0.6) is 0 Å². The summed E-state index contributed by atoms with van der Waals surface area (Å²) in [5.74, 6) is 6.67. The molecular weight excluding hydrogens is 1280 g/mol. The molecule has 6 aromatic heterocycles. The molecule has 0 bridgehead atoms. The van der Waals surface area contributed by atoms with Gasteiger partial charge in [-0.3, -0.25) is 15.0 Å². The first-order chi connectivity index (χ1) is 46.4. The molecule has 0 unspecified atom stereocenters. The molecule has 0 N–H and O–H groups in total. The Morgan fingerprint density at radius 3 is 0.417 bits per heavy atom. The van der Waals surface area contributed by atoms with E-state index >= 15 is 0 Å². The van der Waals surface area contributed by atoms with Crippen molar-refractivity contribution < 1.29 is 0 Å². The second-order valence-electron chi connectivity index (χ2n) is 39.3. The van der Waals surface area contributed by atoms with Gasteiger partial charge in [-0.25, -0.2) is 15.0 Å². The number of hydrogen-bond acceptors (Lipinski definition) is 11. The second-order valence-corrected chi connectivity index (χ2v) is 40.1. The maximum absolute atomic E-state index is 3.78. The van der Waals surface area contributed by atoms with Gasteiger partial charge in [0.2, 0.25) is 0 Å². The van der Waals surface area contributed by atoms with Gasteiger partial charge in [0, 0.05) is 68.2 Å². The molecule has 0 atom stereocenters. The Kier molecular flexibility index (Phi) is 123. The number of pyridine rings is 1. The fraction of sp³-hybridized carbons (Fsp3) is 0.739. The van der Waals surface area contributed by atoms with Gasteiger partial charge in [-0.1, -0.05) is 389 Å². The second kappa shape index (κ2) is 97.1. The molecule has 1 aliphatic rings. The molecule has 0 aliphatic heterocycles. The minimum atomic E-state index is 0.500. The van der Waals surface area contributed by atoms with Crippen LogP contribution in [0.3, 0.4) is 0 Å². The molecule has 7 rings (SSSR count). The maximum Gasteiger partial charge on any atom is 0.138 e. The lowest BCUT2D eigenvalue weighted by molar-refractivity contribution is 0.469. The van der Waals surface area contributed by atoms with E-state index in [0.29, 0.717) is 32.5 Å². The monoisotopic (exact) mass is 1470 g/mol. The van der Waals surface area contributed by atoms with Crippen LogP contribution in [-0.2, 0) is 0 Å². The molecule has 1 saturated carbocycles. The molecule has 6 heterocycles. The van der Waals surface area contributed by atoms with Crippen LogP contribution in [0, 0.1) is 79.8 Å². The topological polar surface area (TPSA) is 129 Å². The van der Waals surface area contributed by atoms with Crippen LogP contribution in [0.15, 0.2) is 146 Å². The summed E-state index contributed by atoms with van der Waals surface area (Å²) in [5, 5.41) is 18.0. The van der Waals surface area contributed by atoms with E-state index in [1.165, 1.54) is 57.4 Å². The standard InChI is InChI=1S/C6H12.C5H5N.6C5H12.3C4H4N2.C4H4S.8C4H10.C3H3N3/c2*1-2-4-6-5-3-1;6*1-5(2,3)4;1-2-6-4-3-5-1;1-2-5-4-6-3-1;1-2-4-6-5-3-1;1-2-4-5-3-1;8*1-4(2)3;1-2-5-6-3-4-1/h1-6H2;1-5H;6*1-4H3;3*1-4H;1-4H;8*4H,1-3H3;1-3H. The smallest absolute Gasteiger partial charge is 0.138 e. The summed E-state index contributed by atoms with van der Waals surface area (Å²) in [6.07, 6.45) is 31.7. The molecule has 0 saturated heterocycles. The zero-order chi connectivity index (χ0) is 84.6. The summed E-state index contributed by atoms with van der Waals surface area (Å²) in [5.41, 5.74) is 3.00. The number of aromatic nitrogens is 10. The van der Waals surface area contributed by atoms with Gasteiger partial charge in [0.15, 0.2) is 0 Å². The van der Waals surface area contributed by atoms with Crippen LogP contribution in [0.2, 0.25) is 0 Å². The average molecular weight is 1470 g/mol. The molecule has 1 fully saturated rings. The Bertz CT molecular complexity index is 1560. The lowest BCUT2D eigenvalue weighted by Gasteiger charge is -2.05. The van der Waals surface area contributed by atoms with Gasteiger partial charge in [0.1, 0.15) is 12.7 Å². The quantitative estimate of drug-likeness (QED) is 0.145. The van der Waals surface area contributed by atoms with Crippen LogP contribution in [0.1, 0.15) is 371 Å². The molecule has 0 amide bonds. The van der Waals surface area contributed by atoms with Gasteiger partial charge in [-0.05, 0) is 121 Å². The van der Waals surface area contributed by atoms with Crippen molar-refractivity contribution >= 4 is 11.3 Å². The van der Waals surface area contributed by atoms with E-state index in [1.807, 2.05) is 53.2 Å². The van der Waals surface area contributed by atoms with Crippen LogP contribution in [-0.4, -0.2) is 50.3 Å². The molecule has 0 radical (unpaired) electrons. The van der Waals surface area contributed by atoms with Crippen molar-refractivity contribution in [3.05, 3.63) is 146 Å². The van der Waals surface area contributed by atoms with Crippen LogP contribution < -0.4 is 0 Å². The predicted octanol–water partition coefficient (Wildman–Crippen LogP) is 32.1. The van der Waals surface area contributed by atoms with Gasteiger partial charge in [-0.15, -0.1) is 5.10 Å². The Hall–Kier alpha value is -4.90. The highest BCUT2D eigenvalue weighted by molar-refractivity contribution is 7.07. The molecule has 103 heavy (non-hydrogen) atoms. The van der Waals surface area contributed by atoms with E-state index in [-0.39, 0.29) is 0 Å². The van der Waals surface area contributed by atoms with E-state index in [0.717, 1.165) is 47.3 Å². The first-order valence-corrected chi connectivity index (χ1v) is 39.8. The highest BCUT2D eigenvalue weighted by Crippen LogP contribution is 2.15. The largest absolute Gasteiger partial charge is 0.265 e. The zero-order valence-corrected chi connectivity index (χ0v) is 79.4. The van der Waals surface area contributed by atoms with Crippen molar-refractivity contribution in [1.29, 1.82) is 0 Å². The Morgan fingerprint density at radius 2 is 0.350 bits per heavy atom. The molecule has 6 aromatic rings. The van der Waals surface area contributed by atoms with Crippen molar-refractivity contribution in [1.82, 2.24) is 50.3 Å². The van der Waals surface area contributed by atoms with Crippen molar-refractivity contribution in [2.24, 2.45) is 79.8 Å². The molecule has 10 nitrogen and oxygen atoms in total. The fourth-order valence-corrected chi connectivity index (χ4v) is 3.02. The third kappa shape index (κ3) is 674. The van der Waals surface area contributed by atoms with Crippen molar-refractivity contribution in [3.63, 3.8) is 0 Å². The lowest BCUT2D eigenvalue weighted by atomic mass is 10.0. The average Bonchev–Trinajstić information content (AvgIpc) is 4.10. The molecule has 0 spiro atoms. The minimum absolute atomic E-state index is 0.500. The fourth-order valence-electron chi connectivity index (χ4n) is 2.57. The summed E-state index contributed by atoms with van der Waals surface area (Å²) >= 11 is 1.71. The summed E-state index contributed by atoms with van der Waals surface area (Å²) in [6, 6.07) is 15.2. The first kappa shape index (κ1) is 131. The summed E-state index contributed by atoms with van der Waals surface area (Å²) in [7, 11) is 0. The number of hydrogen-bond donors (Lipinski definition) is 0. The normalized spacial score (nSPS) is 10.4. The third-order valence-electron chi connectivity index (χ3n) is 4.33. The third-order valence-corrected chi connectivity index (χ3v) is 4.96. The Morgan fingerprint density at radius 1 is 0.184 bits per heavy atom. The van der Waals surface area contributed by atoms with Crippen molar-refractivity contribution in [3.8, 4) is 0 Å².